The molecule has 2 aromatic rings. The van der Waals surface area contributed by atoms with Crippen LogP contribution in [0.25, 0.3) is 5.65 Å². The number of hydrogen-bond donors (Lipinski definition) is 1. The SMILES string of the molecule is CCCCCCCCCCCCS(=O)(=O)c1n[nH]c2c(Cl)c(C)nn12. The summed E-state index contributed by atoms with van der Waals surface area (Å²) in [7, 11) is -3.46. The molecule has 0 unspecified atom stereocenters. The fourth-order valence-electron chi connectivity index (χ4n) is 2.96. The summed E-state index contributed by atoms with van der Waals surface area (Å²) in [5.41, 5.74) is 1.02. The van der Waals surface area contributed by atoms with E-state index in [4.69, 9.17) is 11.6 Å². The van der Waals surface area contributed by atoms with E-state index < -0.39 is 9.84 Å². The number of nitrogens with zero attached hydrogens (tertiary/aromatic N) is 3. The van der Waals surface area contributed by atoms with Gasteiger partial charge in [0.2, 0.25) is 9.84 Å². The standard InChI is InChI=1S/C17H29ClN4O2S/c1-3-4-5-6-7-8-9-10-11-12-13-25(23,24)17-20-19-16-15(18)14(2)21-22(16)17/h19H,3-13H2,1-2H3. The van der Waals surface area contributed by atoms with E-state index in [0.717, 1.165) is 12.8 Å². The molecule has 2 heterocycles. The van der Waals surface area contributed by atoms with Crippen LogP contribution in [0.15, 0.2) is 5.16 Å². The predicted octanol–water partition coefficient (Wildman–Crippen LogP) is 4.71. The molecule has 0 radical (unpaired) electrons. The number of aryl methyl sites for hydroxylation is 1. The van der Waals surface area contributed by atoms with Crippen LogP contribution in [0.4, 0.5) is 0 Å². The maximum Gasteiger partial charge on any atom is 0.268 e. The first-order valence-electron chi connectivity index (χ1n) is 9.29. The summed E-state index contributed by atoms with van der Waals surface area (Å²) in [5, 5.41) is 11.1. The molecule has 6 nitrogen and oxygen atoms in total. The van der Waals surface area contributed by atoms with Crippen molar-refractivity contribution in [2.45, 2.75) is 83.2 Å². The molecule has 0 bridgehead atoms. The van der Waals surface area contributed by atoms with E-state index in [1.165, 1.54) is 49.5 Å². The van der Waals surface area contributed by atoms with Gasteiger partial charge in [0.15, 0.2) is 5.65 Å². The Morgan fingerprint density at radius 3 is 2.16 bits per heavy atom. The predicted molar refractivity (Wildman–Crippen MR) is 101 cm³/mol. The monoisotopic (exact) mass is 388 g/mol. The second-order valence-corrected chi connectivity index (χ2v) is 9.05. The molecule has 0 fully saturated rings. The van der Waals surface area contributed by atoms with Gasteiger partial charge in [-0.05, 0) is 13.3 Å². The zero-order valence-electron chi connectivity index (χ0n) is 15.2. The Labute approximate surface area is 155 Å². The summed E-state index contributed by atoms with van der Waals surface area (Å²) < 4.78 is 26.2. The highest BCUT2D eigenvalue weighted by Crippen LogP contribution is 2.22. The van der Waals surface area contributed by atoms with Crippen molar-refractivity contribution in [2.24, 2.45) is 0 Å². The molecular formula is C17H29ClN4O2S. The molecule has 0 spiro atoms. The van der Waals surface area contributed by atoms with E-state index in [-0.39, 0.29) is 10.9 Å². The van der Waals surface area contributed by atoms with Crippen LogP contribution >= 0.6 is 11.6 Å². The van der Waals surface area contributed by atoms with Crippen molar-refractivity contribution in [2.75, 3.05) is 5.75 Å². The highest BCUT2D eigenvalue weighted by atomic mass is 35.5. The lowest BCUT2D eigenvalue weighted by molar-refractivity contribution is 0.554. The van der Waals surface area contributed by atoms with Gasteiger partial charge < -0.3 is 0 Å². The van der Waals surface area contributed by atoms with Gasteiger partial charge in [-0.1, -0.05) is 76.3 Å². The van der Waals surface area contributed by atoms with Crippen LogP contribution in [0.1, 0.15) is 76.8 Å². The van der Waals surface area contributed by atoms with E-state index in [0.29, 0.717) is 22.8 Å². The molecule has 25 heavy (non-hydrogen) atoms. The molecule has 0 amide bonds. The van der Waals surface area contributed by atoms with Crippen molar-refractivity contribution < 1.29 is 8.42 Å². The van der Waals surface area contributed by atoms with Gasteiger partial charge >= 0.3 is 0 Å². The lowest BCUT2D eigenvalue weighted by Gasteiger charge is -2.03. The number of aromatic nitrogens is 4. The second-order valence-electron chi connectivity index (χ2n) is 6.67. The van der Waals surface area contributed by atoms with Gasteiger partial charge in [-0.2, -0.15) is 9.61 Å². The Morgan fingerprint density at radius 2 is 1.56 bits per heavy atom. The summed E-state index contributed by atoms with van der Waals surface area (Å²) in [6.45, 7) is 3.96. The number of nitrogens with one attached hydrogen (secondary N) is 1. The zero-order chi connectivity index (χ0) is 18.3. The van der Waals surface area contributed by atoms with Gasteiger partial charge in [0, 0.05) is 0 Å². The molecule has 0 saturated carbocycles. The highest BCUT2D eigenvalue weighted by molar-refractivity contribution is 7.91. The Kier molecular flexibility index (Phi) is 7.75. The summed E-state index contributed by atoms with van der Waals surface area (Å²) in [4.78, 5) is 0. The van der Waals surface area contributed by atoms with E-state index in [1.807, 2.05) is 0 Å². The van der Waals surface area contributed by atoms with Crippen LogP contribution in [0.2, 0.25) is 5.02 Å². The summed E-state index contributed by atoms with van der Waals surface area (Å²) >= 11 is 6.07. The Morgan fingerprint density at radius 1 is 1.00 bits per heavy atom. The van der Waals surface area contributed by atoms with Gasteiger partial charge in [-0.25, -0.2) is 8.42 Å². The summed E-state index contributed by atoms with van der Waals surface area (Å²) in [5.74, 6) is 0.0972. The summed E-state index contributed by atoms with van der Waals surface area (Å²) in [6.07, 6.45) is 11.7. The Bertz CT molecular complexity index is 767. The minimum Gasteiger partial charge on any atom is -0.257 e. The maximum atomic E-state index is 12.5. The van der Waals surface area contributed by atoms with Crippen molar-refractivity contribution in [3.63, 3.8) is 0 Å². The zero-order valence-corrected chi connectivity index (χ0v) is 16.8. The fourth-order valence-corrected chi connectivity index (χ4v) is 4.47. The Balaban J connectivity index is 1.72. The van der Waals surface area contributed by atoms with Gasteiger partial charge in [-0.15, -0.1) is 5.10 Å². The quantitative estimate of drug-likeness (QED) is 0.533. The van der Waals surface area contributed by atoms with Crippen molar-refractivity contribution in [1.82, 2.24) is 19.8 Å². The minimum absolute atomic E-state index is 0.0478. The number of hydrogen-bond acceptors (Lipinski definition) is 4. The third-order valence-electron chi connectivity index (χ3n) is 4.47. The fraction of sp³-hybridized carbons (Fsp3) is 0.765. The van der Waals surface area contributed by atoms with Crippen molar-refractivity contribution in [3.05, 3.63) is 10.7 Å². The van der Waals surface area contributed by atoms with Crippen LogP contribution in [0.3, 0.4) is 0 Å². The van der Waals surface area contributed by atoms with E-state index in [1.54, 1.807) is 6.92 Å². The van der Waals surface area contributed by atoms with Gasteiger partial charge in [0.25, 0.3) is 5.16 Å². The molecule has 142 valence electrons. The number of fused-ring (bicyclic) bond motifs is 1. The first-order chi connectivity index (χ1) is 12.0. The van der Waals surface area contributed by atoms with E-state index in [2.05, 4.69) is 22.2 Å². The van der Waals surface area contributed by atoms with Crippen LogP contribution in [0.5, 0.6) is 0 Å². The third-order valence-corrected chi connectivity index (χ3v) is 6.57. The van der Waals surface area contributed by atoms with Crippen LogP contribution in [-0.4, -0.2) is 34.0 Å². The first kappa shape index (κ1) is 20.2. The van der Waals surface area contributed by atoms with Crippen LogP contribution in [0, 0.1) is 6.92 Å². The molecular weight excluding hydrogens is 360 g/mol. The topological polar surface area (TPSA) is 80.1 Å². The van der Waals surface area contributed by atoms with Crippen molar-refractivity contribution in [3.8, 4) is 0 Å². The molecule has 0 aromatic carbocycles. The number of sulfone groups is 1. The smallest absolute Gasteiger partial charge is 0.257 e. The number of rotatable bonds is 12. The van der Waals surface area contributed by atoms with Crippen molar-refractivity contribution >= 4 is 27.1 Å². The normalized spacial score (nSPS) is 12.3. The average molecular weight is 389 g/mol. The number of unbranched alkanes of at least 4 members (excludes halogenated alkanes) is 9. The average Bonchev–Trinajstić information content (AvgIpc) is 3.10. The summed E-state index contributed by atoms with van der Waals surface area (Å²) in [6, 6.07) is 0. The lowest BCUT2D eigenvalue weighted by atomic mass is 10.1. The molecule has 0 saturated heterocycles. The second kappa shape index (κ2) is 9.57. The van der Waals surface area contributed by atoms with Crippen LogP contribution in [-0.2, 0) is 9.84 Å². The molecule has 0 atom stereocenters. The third kappa shape index (κ3) is 5.45. The van der Waals surface area contributed by atoms with Crippen LogP contribution < -0.4 is 0 Å². The minimum atomic E-state index is -3.46. The van der Waals surface area contributed by atoms with E-state index in [9.17, 15) is 8.42 Å². The molecule has 0 aliphatic heterocycles. The molecule has 1 N–H and O–H groups in total. The molecule has 0 aliphatic carbocycles. The number of H-pyrrole nitrogens is 1. The number of aromatic amines is 1. The first-order valence-corrected chi connectivity index (χ1v) is 11.3. The highest BCUT2D eigenvalue weighted by Gasteiger charge is 2.24. The molecule has 2 aromatic heterocycles. The van der Waals surface area contributed by atoms with Gasteiger partial charge in [0.05, 0.1) is 11.4 Å². The molecule has 0 aliphatic rings. The maximum absolute atomic E-state index is 12.5. The van der Waals surface area contributed by atoms with Gasteiger partial charge in [-0.3, -0.25) is 5.10 Å². The van der Waals surface area contributed by atoms with Gasteiger partial charge in [0.1, 0.15) is 5.02 Å². The van der Waals surface area contributed by atoms with E-state index >= 15 is 0 Å². The molecule has 8 heteroatoms. The largest absolute Gasteiger partial charge is 0.268 e. The molecule has 2 rings (SSSR count). The Hall–Kier alpha value is -1.08. The number of halogens is 1. The lowest BCUT2D eigenvalue weighted by Crippen LogP contribution is -2.11. The van der Waals surface area contributed by atoms with Crippen molar-refractivity contribution in [1.29, 1.82) is 0 Å².